The van der Waals surface area contributed by atoms with Crippen LogP contribution in [0.2, 0.25) is 0 Å². The first-order chi connectivity index (χ1) is 7.11. The third kappa shape index (κ3) is 7.66. The molecule has 2 unspecified atom stereocenters. The van der Waals surface area contributed by atoms with E-state index in [-0.39, 0.29) is 11.8 Å². The van der Waals surface area contributed by atoms with Crippen molar-refractivity contribution >= 4 is 17.5 Å². The SMILES string of the molecule is CCCC(C)C(=O)NCCCC(C)CCl. The summed E-state index contributed by atoms with van der Waals surface area (Å²) < 4.78 is 0. The highest BCUT2D eigenvalue weighted by Gasteiger charge is 2.10. The fourth-order valence-electron chi connectivity index (χ4n) is 1.48. The summed E-state index contributed by atoms with van der Waals surface area (Å²) >= 11 is 5.70. The molecule has 2 nitrogen and oxygen atoms in total. The molecule has 0 bridgehead atoms. The van der Waals surface area contributed by atoms with E-state index in [4.69, 9.17) is 11.6 Å². The Morgan fingerprint density at radius 1 is 1.33 bits per heavy atom. The molecule has 0 aliphatic rings. The van der Waals surface area contributed by atoms with Crippen molar-refractivity contribution in [1.29, 1.82) is 0 Å². The van der Waals surface area contributed by atoms with E-state index in [9.17, 15) is 4.79 Å². The normalized spacial score (nSPS) is 14.7. The average molecular weight is 234 g/mol. The van der Waals surface area contributed by atoms with Crippen molar-refractivity contribution in [2.24, 2.45) is 11.8 Å². The number of nitrogens with one attached hydrogen (secondary N) is 1. The highest BCUT2D eigenvalue weighted by molar-refractivity contribution is 6.18. The number of alkyl halides is 1. The smallest absolute Gasteiger partial charge is 0.222 e. The van der Waals surface area contributed by atoms with Gasteiger partial charge in [-0.2, -0.15) is 0 Å². The highest BCUT2D eigenvalue weighted by atomic mass is 35.5. The number of rotatable bonds is 8. The molecule has 0 aromatic rings. The summed E-state index contributed by atoms with van der Waals surface area (Å²) in [6.07, 6.45) is 4.16. The maximum Gasteiger partial charge on any atom is 0.222 e. The molecule has 0 radical (unpaired) electrons. The second-order valence-electron chi connectivity index (χ2n) is 4.38. The molecule has 3 heteroatoms. The van der Waals surface area contributed by atoms with Crippen LogP contribution in [0.4, 0.5) is 0 Å². The Labute approximate surface area is 98.8 Å². The van der Waals surface area contributed by atoms with Gasteiger partial charge in [0.1, 0.15) is 0 Å². The van der Waals surface area contributed by atoms with Crippen LogP contribution in [0, 0.1) is 11.8 Å². The van der Waals surface area contributed by atoms with Gasteiger partial charge in [-0.15, -0.1) is 11.6 Å². The van der Waals surface area contributed by atoms with E-state index in [1.165, 1.54) is 0 Å². The topological polar surface area (TPSA) is 29.1 Å². The molecular formula is C12H24ClNO. The summed E-state index contributed by atoms with van der Waals surface area (Å²) in [5.41, 5.74) is 0. The fourth-order valence-corrected chi connectivity index (χ4v) is 1.63. The second kappa shape index (κ2) is 9.02. The predicted octanol–water partition coefficient (Wildman–Crippen LogP) is 3.19. The van der Waals surface area contributed by atoms with Gasteiger partial charge < -0.3 is 5.32 Å². The minimum Gasteiger partial charge on any atom is -0.356 e. The van der Waals surface area contributed by atoms with E-state index in [1.54, 1.807) is 0 Å². The first-order valence-corrected chi connectivity index (χ1v) is 6.48. The minimum atomic E-state index is 0.153. The van der Waals surface area contributed by atoms with Gasteiger partial charge in [-0.1, -0.05) is 27.2 Å². The highest BCUT2D eigenvalue weighted by Crippen LogP contribution is 2.07. The van der Waals surface area contributed by atoms with Gasteiger partial charge >= 0.3 is 0 Å². The summed E-state index contributed by atoms with van der Waals surface area (Å²) in [6, 6.07) is 0. The van der Waals surface area contributed by atoms with Crippen molar-refractivity contribution in [3.05, 3.63) is 0 Å². The monoisotopic (exact) mass is 233 g/mol. The van der Waals surface area contributed by atoms with Gasteiger partial charge in [0.05, 0.1) is 0 Å². The van der Waals surface area contributed by atoms with E-state index < -0.39 is 0 Å². The zero-order chi connectivity index (χ0) is 11.7. The molecule has 0 heterocycles. The number of hydrogen-bond donors (Lipinski definition) is 1. The van der Waals surface area contributed by atoms with E-state index in [0.29, 0.717) is 11.8 Å². The predicted molar refractivity (Wildman–Crippen MR) is 66.2 cm³/mol. The average Bonchev–Trinajstić information content (AvgIpc) is 2.23. The van der Waals surface area contributed by atoms with Crippen molar-refractivity contribution in [2.75, 3.05) is 12.4 Å². The Hall–Kier alpha value is -0.240. The van der Waals surface area contributed by atoms with E-state index in [1.807, 2.05) is 6.92 Å². The Morgan fingerprint density at radius 3 is 2.53 bits per heavy atom. The Bertz CT molecular complexity index is 173. The maximum atomic E-state index is 11.5. The molecule has 0 aromatic carbocycles. The number of hydrogen-bond acceptors (Lipinski definition) is 1. The third-order valence-corrected chi connectivity index (χ3v) is 3.13. The van der Waals surface area contributed by atoms with Crippen molar-refractivity contribution in [3.63, 3.8) is 0 Å². The lowest BCUT2D eigenvalue weighted by atomic mass is 10.1. The first kappa shape index (κ1) is 14.8. The van der Waals surface area contributed by atoms with Crippen LogP contribution in [0.5, 0.6) is 0 Å². The quantitative estimate of drug-likeness (QED) is 0.506. The molecule has 1 N–H and O–H groups in total. The van der Waals surface area contributed by atoms with Crippen molar-refractivity contribution in [1.82, 2.24) is 5.32 Å². The van der Waals surface area contributed by atoms with E-state index >= 15 is 0 Å². The van der Waals surface area contributed by atoms with Crippen molar-refractivity contribution in [2.45, 2.75) is 46.5 Å². The van der Waals surface area contributed by atoms with Gasteiger partial charge in [-0.25, -0.2) is 0 Å². The number of carbonyl (C=O) groups excluding carboxylic acids is 1. The van der Waals surface area contributed by atoms with Crippen LogP contribution in [0.15, 0.2) is 0 Å². The Balaban J connectivity index is 3.46. The van der Waals surface area contributed by atoms with E-state index in [2.05, 4.69) is 19.2 Å². The standard InChI is InChI=1S/C12H24ClNO/c1-4-6-11(3)12(15)14-8-5-7-10(2)9-13/h10-11H,4-9H2,1-3H3,(H,14,15). The largest absolute Gasteiger partial charge is 0.356 e. The van der Waals surface area contributed by atoms with Crippen LogP contribution < -0.4 is 5.32 Å². The summed E-state index contributed by atoms with van der Waals surface area (Å²) in [5, 5.41) is 2.96. The zero-order valence-corrected chi connectivity index (χ0v) is 10.9. The van der Waals surface area contributed by atoms with Gasteiger partial charge in [0.25, 0.3) is 0 Å². The van der Waals surface area contributed by atoms with Crippen LogP contribution in [0.25, 0.3) is 0 Å². The molecule has 1 amide bonds. The van der Waals surface area contributed by atoms with Gasteiger partial charge in [-0.05, 0) is 25.2 Å². The van der Waals surface area contributed by atoms with Crippen LogP contribution in [-0.4, -0.2) is 18.3 Å². The molecule has 0 aliphatic carbocycles. The van der Waals surface area contributed by atoms with Crippen LogP contribution >= 0.6 is 11.6 Å². The molecule has 0 aliphatic heterocycles. The van der Waals surface area contributed by atoms with E-state index in [0.717, 1.165) is 32.2 Å². The zero-order valence-electron chi connectivity index (χ0n) is 10.2. The van der Waals surface area contributed by atoms with Gasteiger partial charge in [0.2, 0.25) is 5.91 Å². The lowest BCUT2D eigenvalue weighted by Gasteiger charge is -2.12. The maximum absolute atomic E-state index is 11.5. The fraction of sp³-hybridized carbons (Fsp3) is 0.917. The van der Waals surface area contributed by atoms with Crippen LogP contribution in [0.1, 0.15) is 46.5 Å². The molecular weight excluding hydrogens is 210 g/mol. The van der Waals surface area contributed by atoms with Crippen LogP contribution in [-0.2, 0) is 4.79 Å². The lowest BCUT2D eigenvalue weighted by molar-refractivity contribution is -0.124. The molecule has 0 saturated heterocycles. The van der Waals surface area contributed by atoms with Crippen LogP contribution in [0.3, 0.4) is 0 Å². The third-order valence-electron chi connectivity index (χ3n) is 2.61. The molecule has 0 spiro atoms. The molecule has 0 saturated carbocycles. The second-order valence-corrected chi connectivity index (χ2v) is 4.69. The Morgan fingerprint density at radius 2 is 2.00 bits per heavy atom. The summed E-state index contributed by atoms with van der Waals surface area (Å²) in [7, 11) is 0. The van der Waals surface area contributed by atoms with Gasteiger partial charge in [-0.3, -0.25) is 4.79 Å². The molecule has 15 heavy (non-hydrogen) atoms. The summed E-state index contributed by atoms with van der Waals surface area (Å²) in [5.74, 6) is 1.60. The minimum absolute atomic E-state index is 0.153. The van der Waals surface area contributed by atoms with Crippen molar-refractivity contribution in [3.8, 4) is 0 Å². The molecule has 0 rings (SSSR count). The summed E-state index contributed by atoms with van der Waals surface area (Å²) in [6.45, 7) is 7.01. The van der Waals surface area contributed by atoms with Crippen molar-refractivity contribution < 1.29 is 4.79 Å². The van der Waals surface area contributed by atoms with Gasteiger partial charge in [0, 0.05) is 18.3 Å². The lowest BCUT2D eigenvalue weighted by Crippen LogP contribution is -2.30. The number of amides is 1. The van der Waals surface area contributed by atoms with Gasteiger partial charge in [0.15, 0.2) is 0 Å². The molecule has 2 atom stereocenters. The summed E-state index contributed by atoms with van der Waals surface area (Å²) in [4.78, 5) is 11.5. The molecule has 0 aromatic heterocycles. The first-order valence-electron chi connectivity index (χ1n) is 5.95. The Kier molecular flexibility index (Phi) is 8.88. The molecule has 90 valence electrons. The molecule has 0 fully saturated rings. The number of carbonyl (C=O) groups is 1. The number of halogens is 1.